The number of aromatic nitrogens is 2. The second-order valence-corrected chi connectivity index (χ2v) is 5.91. The molecule has 1 saturated carbocycles. The summed E-state index contributed by atoms with van der Waals surface area (Å²) in [5.41, 5.74) is 1.31. The Bertz CT molecular complexity index is 337. The summed E-state index contributed by atoms with van der Waals surface area (Å²) in [4.78, 5) is 4.27. The Labute approximate surface area is 111 Å². The van der Waals surface area contributed by atoms with Gasteiger partial charge in [0.15, 0.2) is 0 Å². The Balaban J connectivity index is 1.72. The molecule has 2 rings (SSSR count). The SMILES string of the molecule is CC(C)NCc1cncn1CCCC1CCCC1. The number of aryl methyl sites for hydroxylation is 1. The third-order valence-corrected chi connectivity index (χ3v) is 3.98. The standard InChI is InChI=1S/C15H27N3/c1-13(2)17-11-15-10-16-12-18(15)9-5-8-14-6-3-4-7-14/h10,12-14,17H,3-9,11H2,1-2H3. The first kappa shape index (κ1) is 13.6. The summed E-state index contributed by atoms with van der Waals surface area (Å²) in [5, 5.41) is 3.46. The molecule has 1 N–H and O–H groups in total. The molecule has 0 spiro atoms. The second-order valence-electron chi connectivity index (χ2n) is 5.91. The number of imidazole rings is 1. The molecule has 1 aromatic rings. The smallest absolute Gasteiger partial charge is 0.0948 e. The highest BCUT2D eigenvalue weighted by Gasteiger charge is 2.14. The van der Waals surface area contributed by atoms with Gasteiger partial charge in [0, 0.05) is 25.3 Å². The number of rotatable bonds is 7. The van der Waals surface area contributed by atoms with Crippen LogP contribution in [0.2, 0.25) is 0 Å². The van der Waals surface area contributed by atoms with Crippen LogP contribution in [0.1, 0.15) is 58.1 Å². The van der Waals surface area contributed by atoms with Crippen LogP contribution in [-0.4, -0.2) is 15.6 Å². The first-order valence-electron chi connectivity index (χ1n) is 7.48. The summed E-state index contributed by atoms with van der Waals surface area (Å²) < 4.78 is 2.31. The lowest BCUT2D eigenvalue weighted by molar-refractivity contribution is 0.451. The molecule has 0 amide bonds. The van der Waals surface area contributed by atoms with Gasteiger partial charge in [0.1, 0.15) is 0 Å². The van der Waals surface area contributed by atoms with Crippen LogP contribution in [0.5, 0.6) is 0 Å². The highest BCUT2D eigenvalue weighted by Crippen LogP contribution is 2.28. The van der Waals surface area contributed by atoms with Crippen LogP contribution in [-0.2, 0) is 13.1 Å². The van der Waals surface area contributed by atoms with Crippen molar-refractivity contribution < 1.29 is 0 Å². The fourth-order valence-electron chi connectivity index (χ4n) is 2.85. The van der Waals surface area contributed by atoms with E-state index < -0.39 is 0 Å². The molecule has 0 aliphatic heterocycles. The maximum absolute atomic E-state index is 4.27. The second kappa shape index (κ2) is 6.93. The minimum absolute atomic E-state index is 0.534. The van der Waals surface area contributed by atoms with Crippen molar-refractivity contribution in [3.8, 4) is 0 Å². The Morgan fingerprint density at radius 1 is 1.39 bits per heavy atom. The van der Waals surface area contributed by atoms with E-state index in [2.05, 4.69) is 28.7 Å². The summed E-state index contributed by atoms with van der Waals surface area (Å²) in [6.07, 6.45) is 12.5. The molecule has 0 radical (unpaired) electrons. The highest BCUT2D eigenvalue weighted by molar-refractivity contribution is 4.98. The van der Waals surface area contributed by atoms with Gasteiger partial charge in [-0.25, -0.2) is 4.98 Å². The Kier molecular flexibility index (Phi) is 5.24. The lowest BCUT2D eigenvalue weighted by atomic mass is 10.0. The molecule has 0 unspecified atom stereocenters. The van der Waals surface area contributed by atoms with Gasteiger partial charge < -0.3 is 9.88 Å². The van der Waals surface area contributed by atoms with E-state index >= 15 is 0 Å². The van der Waals surface area contributed by atoms with E-state index in [1.54, 1.807) is 0 Å². The van der Waals surface area contributed by atoms with E-state index in [9.17, 15) is 0 Å². The molecule has 1 aliphatic carbocycles. The van der Waals surface area contributed by atoms with Gasteiger partial charge >= 0.3 is 0 Å². The van der Waals surface area contributed by atoms with Gasteiger partial charge in [0.2, 0.25) is 0 Å². The molecule has 3 heteroatoms. The zero-order chi connectivity index (χ0) is 12.8. The molecule has 1 aromatic heterocycles. The van der Waals surface area contributed by atoms with Gasteiger partial charge in [-0.1, -0.05) is 39.5 Å². The van der Waals surface area contributed by atoms with Crippen LogP contribution < -0.4 is 5.32 Å². The highest BCUT2D eigenvalue weighted by atomic mass is 15.1. The Morgan fingerprint density at radius 2 is 2.17 bits per heavy atom. The van der Waals surface area contributed by atoms with Gasteiger partial charge in [0.05, 0.1) is 12.0 Å². The summed E-state index contributed by atoms with van der Waals surface area (Å²) in [7, 11) is 0. The summed E-state index contributed by atoms with van der Waals surface area (Å²) >= 11 is 0. The van der Waals surface area contributed by atoms with E-state index in [1.165, 1.54) is 44.2 Å². The molecule has 0 atom stereocenters. The van der Waals surface area contributed by atoms with Crippen molar-refractivity contribution >= 4 is 0 Å². The molecular weight excluding hydrogens is 222 g/mol. The first-order chi connectivity index (χ1) is 8.75. The van der Waals surface area contributed by atoms with Crippen LogP contribution in [0.15, 0.2) is 12.5 Å². The van der Waals surface area contributed by atoms with Crippen molar-refractivity contribution in [2.45, 2.75) is 71.5 Å². The summed E-state index contributed by atoms with van der Waals surface area (Å²) in [6, 6.07) is 0.534. The molecule has 0 bridgehead atoms. The number of nitrogens with zero attached hydrogens (tertiary/aromatic N) is 2. The van der Waals surface area contributed by atoms with E-state index in [-0.39, 0.29) is 0 Å². The summed E-state index contributed by atoms with van der Waals surface area (Å²) in [5.74, 6) is 1.01. The molecule has 0 saturated heterocycles. The fraction of sp³-hybridized carbons (Fsp3) is 0.800. The lowest BCUT2D eigenvalue weighted by Gasteiger charge is -2.12. The first-order valence-corrected chi connectivity index (χ1v) is 7.48. The van der Waals surface area contributed by atoms with E-state index in [4.69, 9.17) is 0 Å². The predicted molar refractivity (Wildman–Crippen MR) is 75.4 cm³/mol. The van der Waals surface area contributed by atoms with Gasteiger partial charge in [-0.3, -0.25) is 0 Å². The van der Waals surface area contributed by atoms with Crippen LogP contribution in [0.4, 0.5) is 0 Å². The minimum atomic E-state index is 0.534. The van der Waals surface area contributed by atoms with Gasteiger partial charge in [-0.2, -0.15) is 0 Å². The molecular formula is C15H27N3. The largest absolute Gasteiger partial charge is 0.333 e. The van der Waals surface area contributed by atoms with E-state index in [0.717, 1.165) is 19.0 Å². The molecule has 3 nitrogen and oxygen atoms in total. The van der Waals surface area contributed by atoms with Gasteiger partial charge in [-0.15, -0.1) is 0 Å². The van der Waals surface area contributed by atoms with Gasteiger partial charge in [0.25, 0.3) is 0 Å². The predicted octanol–water partition coefficient (Wildman–Crippen LogP) is 3.35. The monoisotopic (exact) mass is 249 g/mol. The van der Waals surface area contributed by atoms with Crippen LogP contribution in [0.25, 0.3) is 0 Å². The fourth-order valence-corrected chi connectivity index (χ4v) is 2.85. The number of hydrogen-bond donors (Lipinski definition) is 1. The summed E-state index contributed by atoms with van der Waals surface area (Å²) in [6.45, 7) is 6.42. The quantitative estimate of drug-likeness (QED) is 0.803. The van der Waals surface area contributed by atoms with Crippen molar-refractivity contribution in [1.29, 1.82) is 0 Å². The number of hydrogen-bond acceptors (Lipinski definition) is 2. The Hall–Kier alpha value is -0.830. The van der Waals surface area contributed by atoms with Crippen LogP contribution in [0, 0.1) is 5.92 Å². The van der Waals surface area contributed by atoms with Crippen LogP contribution in [0.3, 0.4) is 0 Å². The number of nitrogens with one attached hydrogen (secondary N) is 1. The van der Waals surface area contributed by atoms with E-state index in [0.29, 0.717) is 6.04 Å². The maximum Gasteiger partial charge on any atom is 0.0948 e. The average molecular weight is 249 g/mol. The zero-order valence-electron chi connectivity index (χ0n) is 11.9. The maximum atomic E-state index is 4.27. The molecule has 1 fully saturated rings. The Morgan fingerprint density at radius 3 is 2.89 bits per heavy atom. The van der Waals surface area contributed by atoms with Crippen molar-refractivity contribution in [2.75, 3.05) is 0 Å². The zero-order valence-corrected chi connectivity index (χ0v) is 11.9. The normalized spacial score (nSPS) is 16.8. The lowest BCUT2D eigenvalue weighted by Crippen LogP contribution is -2.23. The molecule has 18 heavy (non-hydrogen) atoms. The molecule has 1 heterocycles. The molecule has 0 aromatic carbocycles. The van der Waals surface area contributed by atoms with Crippen molar-refractivity contribution in [3.63, 3.8) is 0 Å². The third-order valence-electron chi connectivity index (χ3n) is 3.98. The van der Waals surface area contributed by atoms with Crippen LogP contribution >= 0.6 is 0 Å². The van der Waals surface area contributed by atoms with E-state index in [1.807, 2.05) is 12.5 Å². The van der Waals surface area contributed by atoms with Crippen molar-refractivity contribution in [3.05, 3.63) is 18.2 Å². The average Bonchev–Trinajstić information content (AvgIpc) is 2.97. The molecule has 102 valence electrons. The third kappa shape index (κ3) is 4.13. The molecule has 1 aliphatic rings. The van der Waals surface area contributed by atoms with Gasteiger partial charge in [-0.05, 0) is 18.8 Å². The van der Waals surface area contributed by atoms with Crippen molar-refractivity contribution in [1.82, 2.24) is 14.9 Å². The topological polar surface area (TPSA) is 29.9 Å². The van der Waals surface area contributed by atoms with Crippen molar-refractivity contribution in [2.24, 2.45) is 5.92 Å². The minimum Gasteiger partial charge on any atom is -0.333 e.